The first kappa shape index (κ1) is 21.9. The van der Waals surface area contributed by atoms with Gasteiger partial charge in [-0.2, -0.15) is 0 Å². The molecule has 0 spiro atoms. The van der Waals surface area contributed by atoms with E-state index in [1.54, 1.807) is 25.2 Å². The van der Waals surface area contributed by atoms with Gasteiger partial charge in [-0.1, -0.05) is 23.9 Å². The van der Waals surface area contributed by atoms with E-state index in [2.05, 4.69) is 20.4 Å². The smallest absolute Gasteiger partial charge is 0.262 e. The molecule has 0 aliphatic carbocycles. The SMILES string of the molecule is Cn1c(=O)c2ccccc2n2c(CSc3nnc(-c4ccc(F)cc4)n3CC3CCCO3)nnc12. The minimum absolute atomic E-state index is 0.0805. The van der Waals surface area contributed by atoms with Gasteiger partial charge >= 0.3 is 0 Å². The summed E-state index contributed by atoms with van der Waals surface area (Å²) in [4.78, 5) is 12.7. The van der Waals surface area contributed by atoms with Gasteiger partial charge in [-0.05, 0) is 49.2 Å². The van der Waals surface area contributed by atoms with Crippen LogP contribution in [-0.2, 0) is 24.1 Å². The van der Waals surface area contributed by atoms with Gasteiger partial charge in [-0.15, -0.1) is 20.4 Å². The van der Waals surface area contributed by atoms with Crippen LogP contribution >= 0.6 is 11.8 Å². The number of fused-ring (bicyclic) bond motifs is 3. The van der Waals surface area contributed by atoms with E-state index in [9.17, 15) is 9.18 Å². The highest BCUT2D eigenvalue weighted by Crippen LogP contribution is 2.29. The number of para-hydroxylation sites is 1. The topological polar surface area (TPSA) is 92.1 Å². The Morgan fingerprint density at radius 2 is 1.91 bits per heavy atom. The molecule has 0 radical (unpaired) electrons. The fourth-order valence-corrected chi connectivity index (χ4v) is 5.34. The second-order valence-electron chi connectivity index (χ2n) is 8.48. The summed E-state index contributed by atoms with van der Waals surface area (Å²) in [5.74, 6) is 2.02. The largest absolute Gasteiger partial charge is 0.376 e. The molecule has 1 aliphatic heterocycles. The quantitative estimate of drug-likeness (QED) is 0.336. The van der Waals surface area contributed by atoms with Gasteiger partial charge in [0.05, 0.1) is 29.3 Å². The maximum Gasteiger partial charge on any atom is 0.262 e. The molecule has 9 nitrogen and oxygen atoms in total. The lowest BCUT2D eigenvalue weighted by molar-refractivity contribution is 0.0953. The highest BCUT2D eigenvalue weighted by atomic mass is 32.2. The third kappa shape index (κ3) is 3.90. The van der Waals surface area contributed by atoms with Crippen molar-refractivity contribution < 1.29 is 9.13 Å². The Morgan fingerprint density at radius 3 is 2.71 bits per heavy atom. The van der Waals surface area contributed by atoms with E-state index in [1.165, 1.54) is 28.5 Å². The molecule has 1 saturated heterocycles. The van der Waals surface area contributed by atoms with Crippen molar-refractivity contribution in [3.05, 3.63) is 70.5 Å². The van der Waals surface area contributed by atoms with E-state index < -0.39 is 0 Å². The zero-order chi connectivity index (χ0) is 23.9. The molecular weight excluding hydrogens is 469 g/mol. The maximum atomic E-state index is 13.5. The molecule has 3 aromatic heterocycles. The lowest BCUT2D eigenvalue weighted by Gasteiger charge is -2.14. The highest BCUT2D eigenvalue weighted by Gasteiger charge is 2.23. The minimum Gasteiger partial charge on any atom is -0.376 e. The summed E-state index contributed by atoms with van der Waals surface area (Å²) in [6, 6.07) is 13.7. The van der Waals surface area contributed by atoms with Crippen LogP contribution in [0.4, 0.5) is 4.39 Å². The molecule has 0 N–H and O–H groups in total. The van der Waals surface area contributed by atoms with Crippen molar-refractivity contribution in [1.82, 2.24) is 33.9 Å². The summed E-state index contributed by atoms with van der Waals surface area (Å²) in [7, 11) is 1.70. The van der Waals surface area contributed by atoms with E-state index in [1.807, 2.05) is 27.2 Å². The van der Waals surface area contributed by atoms with E-state index in [-0.39, 0.29) is 17.5 Å². The molecule has 6 rings (SSSR count). The van der Waals surface area contributed by atoms with Gasteiger partial charge in [-0.25, -0.2) is 4.39 Å². The van der Waals surface area contributed by atoms with E-state index in [0.717, 1.165) is 30.5 Å². The van der Waals surface area contributed by atoms with Crippen LogP contribution in [0.3, 0.4) is 0 Å². The summed E-state index contributed by atoms with van der Waals surface area (Å²) >= 11 is 1.49. The van der Waals surface area contributed by atoms with E-state index in [4.69, 9.17) is 4.74 Å². The first-order chi connectivity index (χ1) is 17.1. The van der Waals surface area contributed by atoms with E-state index in [0.29, 0.717) is 40.3 Å². The monoisotopic (exact) mass is 491 g/mol. The number of ether oxygens (including phenoxy) is 1. The van der Waals surface area contributed by atoms with Crippen molar-refractivity contribution in [3.8, 4) is 11.4 Å². The van der Waals surface area contributed by atoms with Crippen molar-refractivity contribution >= 4 is 28.4 Å². The summed E-state index contributed by atoms with van der Waals surface area (Å²) < 4.78 is 24.8. The van der Waals surface area contributed by atoms with Crippen molar-refractivity contribution in [1.29, 1.82) is 0 Å². The van der Waals surface area contributed by atoms with Crippen LogP contribution < -0.4 is 5.56 Å². The average molecular weight is 492 g/mol. The lowest BCUT2D eigenvalue weighted by Crippen LogP contribution is -2.20. The molecule has 4 heterocycles. The van der Waals surface area contributed by atoms with Crippen LogP contribution in [-0.4, -0.2) is 46.6 Å². The predicted octanol–water partition coefficient (Wildman–Crippen LogP) is 3.45. The zero-order valence-electron chi connectivity index (χ0n) is 19.0. The number of nitrogens with zero attached hydrogens (tertiary/aromatic N) is 7. The predicted molar refractivity (Wildman–Crippen MR) is 130 cm³/mol. The molecule has 11 heteroatoms. The van der Waals surface area contributed by atoms with Gasteiger partial charge in [0, 0.05) is 19.2 Å². The Bertz CT molecular complexity index is 1590. The summed E-state index contributed by atoms with van der Waals surface area (Å²) in [5.41, 5.74) is 1.44. The Labute approximate surface area is 203 Å². The number of benzene rings is 2. The Balaban J connectivity index is 1.37. The van der Waals surface area contributed by atoms with Crippen LogP contribution in [0, 0.1) is 5.82 Å². The van der Waals surface area contributed by atoms with Gasteiger partial charge < -0.3 is 4.74 Å². The molecule has 1 atom stereocenters. The Kier molecular flexibility index (Phi) is 5.57. The Morgan fingerprint density at radius 1 is 1.09 bits per heavy atom. The standard InChI is InChI=1S/C24H22FN7O2S/c1-30-22(33)18-6-2-3-7-19(18)32-20(26-28-23(30)32)14-35-24-29-27-21(15-8-10-16(25)11-9-15)31(24)13-17-5-4-12-34-17/h2-3,6-11,17H,4-5,12-14H2,1H3. The minimum atomic E-state index is -0.297. The lowest BCUT2D eigenvalue weighted by atomic mass is 10.2. The number of halogens is 1. The van der Waals surface area contributed by atoms with Crippen molar-refractivity contribution in [2.24, 2.45) is 7.05 Å². The van der Waals surface area contributed by atoms with Crippen molar-refractivity contribution in [2.75, 3.05) is 6.61 Å². The van der Waals surface area contributed by atoms with Gasteiger partial charge in [0.1, 0.15) is 11.6 Å². The van der Waals surface area contributed by atoms with Crippen LogP contribution in [0.5, 0.6) is 0 Å². The molecule has 1 unspecified atom stereocenters. The maximum absolute atomic E-state index is 13.5. The second-order valence-corrected chi connectivity index (χ2v) is 9.42. The highest BCUT2D eigenvalue weighted by molar-refractivity contribution is 7.98. The molecule has 2 aromatic carbocycles. The van der Waals surface area contributed by atoms with Gasteiger partial charge in [-0.3, -0.25) is 18.3 Å². The normalized spacial score (nSPS) is 16.0. The second kappa shape index (κ2) is 8.90. The van der Waals surface area contributed by atoms with Crippen molar-refractivity contribution in [3.63, 3.8) is 0 Å². The molecule has 0 saturated carbocycles. The Hall–Kier alpha value is -3.57. The molecule has 1 aliphatic rings. The third-order valence-electron chi connectivity index (χ3n) is 6.25. The molecule has 1 fully saturated rings. The van der Waals surface area contributed by atoms with Gasteiger partial charge in [0.25, 0.3) is 5.56 Å². The number of rotatable bonds is 6. The number of aryl methyl sites for hydroxylation is 1. The first-order valence-corrected chi connectivity index (χ1v) is 12.3. The number of thioether (sulfide) groups is 1. The fraction of sp³-hybridized carbons (Fsp3) is 0.292. The third-order valence-corrected chi connectivity index (χ3v) is 7.22. The van der Waals surface area contributed by atoms with E-state index >= 15 is 0 Å². The average Bonchev–Trinajstić information content (AvgIpc) is 3.63. The number of hydrogen-bond acceptors (Lipinski definition) is 7. The molecule has 0 amide bonds. The van der Waals surface area contributed by atoms with Crippen LogP contribution in [0.2, 0.25) is 0 Å². The number of hydrogen-bond donors (Lipinski definition) is 0. The zero-order valence-corrected chi connectivity index (χ0v) is 19.8. The fourth-order valence-electron chi connectivity index (χ4n) is 4.48. The summed E-state index contributed by atoms with van der Waals surface area (Å²) in [6.07, 6.45) is 2.08. The van der Waals surface area contributed by atoms with Crippen LogP contribution in [0.1, 0.15) is 18.7 Å². The molecule has 5 aromatic rings. The molecular formula is C24H22FN7O2S. The van der Waals surface area contributed by atoms with Gasteiger partial charge in [0.15, 0.2) is 11.0 Å². The first-order valence-electron chi connectivity index (χ1n) is 11.4. The van der Waals surface area contributed by atoms with Crippen LogP contribution in [0.15, 0.2) is 58.5 Å². The summed E-state index contributed by atoms with van der Waals surface area (Å²) in [5, 5.41) is 18.8. The molecule has 178 valence electrons. The van der Waals surface area contributed by atoms with Crippen LogP contribution in [0.25, 0.3) is 28.1 Å². The van der Waals surface area contributed by atoms with Crippen molar-refractivity contribution in [2.45, 2.75) is 36.4 Å². The number of aromatic nitrogens is 7. The molecule has 35 heavy (non-hydrogen) atoms. The summed E-state index contributed by atoms with van der Waals surface area (Å²) in [6.45, 7) is 1.36. The van der Waals surface area contributed by atoms with Gasteiger partial charge in [0.2, 0.25) is 5.78 Å². The molecule has 0 bridgehead atoms.